The lowest BCUT2D eigenvalue weighted by molar-refractivity contribution is 0.102. The van der Waals surface area contributed by atoms with E-state index in [-0.39, 0.29) is 10.9 Å². The Morgan fingerprint density at radius 3 is 2.44 bits per heavy atom. The molecule has 2 aliphatic rings. The van der Waals surface area contributed by atoms with E-state index >= 15 is 0 Å². The highest BCUT2D eigenvalue weighted by atomic mass is 32.2. The van der Waals surface area contributed by atoms with Crippen LogP contribution in [0.2, 0.25) is 0 Å². The van der Waals surface area contributed by atoms with Crippen LogP contribution in [0.5, 0.6) is 0 Å². The first-order valence-electron chi connectivity index (χ1n) is 9.37. The molecule has 2 aromatic rings. The van der Waals surface area contributed by atoms with Crippen molar-refractivity contribution in [3.05, 3.63) is 77.4 Å². The topological polar surface area (TPSA) is 17.1 Å². The van der Waals surface area contributed by atoms with Crippen LogP contribution in [0.15, 0.2) is 60.7 Å². The first-order chi connectivity index (χ1) is 12.3. The molecule has 4 rings (SSSR count). The monoisotopic (exact) mass is 349 g/mol. The van der Waals surface area contributed by atoms with Gasteiger partial charge in [0.05, 0.1) is 0 Å². The fourth-order valence-electron chi connectivity index (χ4n) is 4.12. The molecule has 2 aromatic carbocycles. The Kier molecular flexibility index (Phi) is 5.07. The highest BCUT2D eigenvalue weighted by Gasteiger charge is 2.42. The van der Waals surface area contributed by atoms with Gasteiger partial charge in [-0.1, -0.05) is 67.1 Å². The van der Waals surface area contributed by atoms with Gasteiger partial charge in [-0.05, 0) is 37.3 Å². The predicted octanol–water partition coefficient (Wildman–Crippen LogP) is 5.59. The Labute approximate surface area is 153 Å². The molecule has 2 unspecified atom stereocenters. The summed E-state index contributed by atoms with van der Waals surface area (Å²) >= 11 is 0. The minimum Gasteiger partial charge on any atom is -0.289 e. The van der Waals surface area contributed by atoms with Gasteiger partial charge in [-0.15, -0.1) is 0 Å². The van der Waals surface area contributed by atoms with Crippen molar-refractivity contribution in [2.45, 2.75) is 42.6 Å². The van der Waals surface area contributed by atoms with Crippen LogP contribution < -0.4 is 0 Å². The molecular weight excluding hydrogens is 324 g/mol. The van der Waals surface area contributed by atoms with Crippen LogP contribution in [0.3, 0.4) is 0 Å². The average molecular weight is 350 g/mol. The van der Waals surface area contributed by atoms with Crippen LogP contribution in [0.4, 0.5) is 0 Å². The van der Waals surface area contributed by atoms with Crippen molar-refractivity contribution >= 4 is 22.8 Å². The number of hydrogen-bond donors (Lipinski definition) is 0. The molecule has 0 spiro atoms. The number of fused-ring (bicyclic) bond motifs is 1. The van der Waals surface area contributed by atoms with Gasteiger partial charge < -0.3 is 0 Å². The van der Waals surface area contributed by atoms with Gasteiger partial charge in [0.15, 0.2) is 11.0 Å². The van der Waals surface area contributed by atoms with E-state index in [0.29, 0.717) is 22.0 Å². The van der Waals surface area contributed by atoms with Gasteiger partial charge in [0.2, 0.25) is 5.78 Å². The minimum absolute atomic E-state index is 0.0855. The van der Waals surface area contributed by atoms with E-state index in [1.165, 1.54) is 43.2 Å². The lowest BCUT2D eigenvalue weighted by Gasteiger charge is -2.26. The Balaban J connectivity index is 1.61. The molecule has 25 heavy (non-hydrogen) atoms. The van der Waals surface area contributed by atoms with Gasteiger partial charge in [-0.3, -0.25) is 4.79 Å². The maximum absolute atomic E-state index is 12.9. The van der Waals surface area contributed by atoms with E-state index in [1.807, 2.05) is 30.3 Å². The van der Waals surface area contributed by atoms with E-state index in [4.69, 9.17) is 0 Å². The minimum atomic E-state index is 0.0855. The lowest BCUT2D eigenvalue weighted by atomic mass is 10.0. The van der Waals surface area contributed by atoms with Crippen molar-refractivity contribution < 1.29 is 4.79 Å². The van der Waals surface area contributed by atoms with Crippen LogP contribution in [0.1, 0.15) is 58.8 Å². The number of hydrogen-bond acceptors (Lipinski definition) is 1. The molecule has 0 amide bonds. The molecule has 0 N–H and O–H groups in total. The third-order valence-electron chi connectivity index (χ3n) is 5.45. The molecule has 0 aliphatic heterocycles. The molecule has 1 fully saturated rings. The van der Waals surface area contributed by atoms with Crippen LogP contribution in [0, 0.1) is 0 Å². The second-order valence-electron chi connectivity index (χ2n) is 7.07. The van der Waals surface area contributed by atoms with Gasteiger partial charge in [-0.25, -0.2) is 0 Å². The number of carbonyl (C=O) groups is 1. The van der Waals surface area contributed by atoms with E-state index in [1.54, 1.807) is 0 Å². The zero-order chi connectivity index (χ0) is 17.1. The van der Waals surface area contributed by atoms with Crippen LogP contribution in [0.25, 0.3) is 6.08 Å². The van der Waals surface area contributed by atoms with Crippen molar-refractivity contribution in [3.63, 3.8) is 0 Å². The van der Waals surface area contributed by atoms with E-state index in [0.717, 1.165) is 5.56 Å². The van der Waals surface area contributed by atoms with Gasteiger partial charge in [0.1, 0.15) is 5.25 Å². The summed E-state index contributed by atoms with van der Waals surface area (Å²) in [7, 11) is 0.0855. The molecule has 128 valence electrons. The van der Waals surface area contributed by atoms with E-state index in [2.05, 4.69) is 36.4 Å². The SMILES string of the molecule is O=C(C[S+](C1CCCCC1)C1C=Cc2ccccc21)c1ccccc1. The highest BCUT2D eigenvalue weighted by Crippen LogP contribution is 2.41. The number of benzene rings is 2. The van der Waals surface area contributed by atoms with Gasteiger partial charge >= 0.3 is 0 Å². The standard InChI is InChI=1S/C23H25OS/c24-22(19-10-3-1-4-11-19)17-25(20-12-5-2-6-13-20)23-16-15-18-9-7-8-14-21(18)23/h1,3-4,7-11,14-16,20,23H,2,5-6,12-13,17H2/q+1. The molecule has 0 saturated heterocycles. The fourth-order valence-corrected chi connectivity index (χ4v) is 7.18. The Hall–Kier alpha value is -1.80. The van der Waals surface area contributed by atoms with Crippen LogP contribution >= 0.6 is 0 Å². The molecule has 2 aliphatic carbocycles. The Morgan fingerprint density at radius 2 is 1.64 bits per heavy atom. The second-order valence-corrected chi connectivity index (χ2v) is 9.47. The van der Waals surface area contributed by atoms with E-state index < -0.39 is 0 Å². The maximum atomic E-state index is 12.9. The quantitative estimate of drug-likeness (QED) is 0.508. The van der Waals surface area contributed by atoms with Crippen molar-refractivity contribution in [2.24, 2.45) is 0 Å². The van der Waals surface area contributed by atoms with E-state index in [9.17, 15) is 4.79 Å². The first-order valence-corrected chi connectivity index (χ1v) is 10.9. The summed E-state index contributed by atoms with van der Waals surface area (Å²) in [6.45, 7) is 0. The predicted molar refractivity (Wildman–Crippen MR) is 108 cm³/mol. The molecule has 0 aromatic heterocycles. The normalized spacial score (nSPS) is 21.0. The summed E-state index contributed by atoms with van der Waals surface area (Å²) < 4.78 is 0. The summed E-state index contributed by atoms with van der Waals surface area (Å²) in [6.07, 6.45) is 11.2. The molecule has 0 bridgehead atoms. The summed E-state index contributed by atoms with van der Waals surface area (Å²) in [5.74, 6) is 1.00. The second kappa shape index (κ2) is 7.61. The number of ketones is 1. The van der Waals surface area contributed by atoms with Crippen molar-refractivity contribution in [1.29, 1.82) is 0 Å². The molecular formula is C23H25OS+. The van der Waals surface area contributed by atoms with Crippen molar-refractivity contribution in [1.82, 2.24) is 0 Å². The zero-order valence-electron chi connectivity index (χ0n) is 14.6. The molecule has 2 atom stereocenters. The zero-order valence-corrected chi connectivity index (χ0v) is 15.4. The van der Waals surface area contributed by atoms with Gasteiger partial charge in [0, 0.05) is 22.0 Å². The summed E-state index contributed by atoms with van der Waals surface area (Å²) in [5.41, 5.74) is 3.64. The van der Waals surface area contributed by atoms with Crippen LogP contribution in [-0.4, -0.2) is 16.8 Å². The van der Waals surface area contributed by atoms with Gasteiger partial charge in [0.25, 0.3) is 0 Å². The van der Waals surface area contributed by atoms with Crippen molar-refractivity contribution in [2.75, 3.05) is 5.75 Å². The number of carbonyl (C=O) groups excluding carboxylic acids is 1. The smallest absolute Gasteiger partial charge is 0.211 e. The third-order valence-corrected chi connectivity index (χ3v) is 8.44. The Bertz CT molecular complexity index is 759. The molecule has 1 nitrogen and oxygen atoms in total. The lowest BCUT2D eigenvalue weighted by Crippen LogP contribution is -2.33. The molecule has 0 radical (unpaired) electrons. The number of rotatable bonds is 5. The molecule has 2 heteroatoms. The van der Waals surface area contributed by atoms with Gasteiger partial charge in [-0.2, -0.15) is 0 Å². The largest absolute Gasteiger partial charge is 0.289 e. The molecule has 1 saturated carbocycles. The molecule has 0 heterocycles. The maximum Gasteiger partial charge on any atom is 0.211 e. The summed E-state index contributed by atoms with van der Waals surface area (Å²) in [5, 5.41) is 1.12. The highest BCUT2D eigenvalue weighted by molar-refractivity contribution is 7.98. The summed E-state index contributed by atoms with van der Waals surface area (Å²) in [4.78, 5) is 12.9. The average Bonchev–Trinajstić information content (AvgIpc) is 3.11. The Morgan fingerprint density at radius 1 is 0.920 bits per heavy atom. The summed E-state index contributed by atoms with van der Waals surface area (Å²) in [6, 6.07) is 18.6. The third kappa shape index (κ3) is 3.59. The fraction of sp³-hybridized carbons (Fsp3) is 0.348. The van der Waals surface area contributed by atoms with Crippen molar-refractivity contribution in [3.8, 4) is 0 Å². The number of Topliss-reactive ketones (excluding diaryl/α,β-unsaturated/α-hetero) is 1. The van der Waals surface area contributed by atoms with Crippen LogP contribution in [-0.2, 0) is 10.9 Å². The first kappa shape index (κ1) is 16.7.